The Bertz CT molecular complexity index is 1490. The van der Waals surface area contributed by atoms with Crippen LogP contribution in [0.2, 0.25) is 0 Å². The minimum Gasteiger partial charge on any atom is -0.508 e. The van der Waals surface area contributed by atoms with Gasteiger partial charge in [0, 0.05) is 34.9 Å². The highest BCUT2D eigenvalue weighted by Gasteiger charge is 2.17. The zero-order valence-corrected chi connectivity index (χ0v) is 15.9. The van der Waals surface area contributed by atoms with Crippen LogP contribution in [0.1, 0.15) is 0 Å². The largest absolute Gasteiger partial charge is 0.508 e. The first kappa shape index (κ1) is 18.5. The number of phenols is 4. The van der Waals surface area contributed by atoms with E-state index >= 15 is 0 Å². The minimum absolute atomic E-state index is 0.0981. The Morgan fingerprint density at radius 3 is 2.13 bits per heavy atom. The van der Waals surface area contributed by atoms with Crippen LogP contribution in [0.4, 0.5) is 0 Å². The van der Waals surface area contributed by atoms with Gasteiger partial charge in [-0.05, 0) is 42.0 Å². The molecule has 1 heterocycles. The van der Waals surface area contributed by atoms with Crippen molar-refractivity contribution in [1.29, 1.82) is 0 Å². The smallest absolute Gasteiger partial charge is 0.190 e. The predicted molar refractivity (Wildman–Crippen MR) is 114 cm³/mol. The molecule has 1 aliphatic heterocycles. The molecule has 0 fully saturated rings. The Labute approximate surface area is 175 Å². The van der Waals surface area contributed by atoms with Crippen LogP contribution in [0.3, 0.4) is 0 Å². The summed E-state index contributed by atoms with van der Waals surface area (Å²) in [5, 5.41) is 39.6. The molecule has 31 heavy (non-hydrogen) atoms. The average molecular weight is 413 g/mol. The molecule has 2 aliphatic rings. The number of hydrogen-bond donors (Lipinski definition) is 4. The van der Waals surface area contributed by atoms with Crippen molar-refractivity contribution in [2.45, 2.75) is 0 Å². The summed E-state index contributed by atoms with van der Waals surface area (Å²) in [5.74, 6) is -0.0872. The number of aromatic hydroxyl groups is 4. The molecule has 1 aliphatic carbocycles. The van der Waals surface area contributed by atoms with E-state index in [-0.39, 0.29) is 39.8 Å². The summed E-state index contributed by atoms with van der Waals surface area (Å²) < 4.78 is 5.79. The number of fused-ring (bicyclic) bond motifs is 2. The summed E-state index contributed by atoms with van der Waals surface area (Å²) in [6.07, 6.45) is 0. The molecule has 0 saturated carbocycles. The molecule has 0 atom stereocenters. The second kappa shape index (κ2) is 6.77. The molecule has 5 rings (SSSR count). The first-order chi connectivity index (χ1) is 14.9. The highest BCUT2D eigenvalue weighted by molar-refractivity contribution is 5.88. The van der Waals surface area contributed by atoms with E-state index < -0.39 is 0 Å². The van der Waals surface area contributed by atoms with Crippen LogP contribution in [-0.4, -0.2) is 25.4 Å². The lowest BCUT2D eigenvalue weighted by atomic mass is 10.0. The van der Waals surface area contributed by atoms with Crippen molar-refractivity contribution in [2.24, 2.45) is 0 Å². The molecule has 0 spiro atoms. The Kier molecular flexibility index (Phi) is 4.04. The molecular formula is C24H15NO6. The van der Waals surface area contributed by atoms with Crippen LogP contribution in [-0.2, 0) is 0 Å². The topological polar surface area (TPSA) is 124 Å². The number of aromatic nitrogens is 1. The van der Waals surface area contributed by atoms with Crippen LogP contribution in [0.25, 0.3) is 44.8 Å². The molecule has 0 amide bonds. The minimum atomic E-state index is -0.266. The van der Waals surface area contributed by atoms with Crippen LogP contribution in [0.5, 0.6) is 23.0 Å². The summed E-state index contributed by atoms with van der Waals surface area (Å²) in [5.41, 5.74) is 2.51. The molecule has 0 bridgehead atoms. The number of phenolic OH excluding ortho intramolecular Hbond substituents is 4. The Morgan fingerprint density at radius 1 is 0.677 bits per heavy atom. The molecule has 0 saturated heterocycles. The van der Waals surface area contributed by atoms with Crippen molar-refractivity contribution >= 4 is 11.1 Å². The highest BCUT2D eigenvalue weighted by Crippen LogP contribution is 2.40. The summed E-state index contributed by atoms with van der Waals surface area (Å²) >= 11 is 0. The van der Waals surface area contributed by atoms with Crippen LogP contribution in [0.15, 0.2) is 75.9 Å². The van der Waals surface area contributed by atoms with Crippen LogP contribution in [0, 0.1) is 0 Å². The summed E-state index contributed by atoms with van der Waals surface area (Å²) in [6.45, 7) is 0. The van der Waals surface area contributed by atoms with Crippen molar-refractivity contribution < 1.29 is 24.8 Å². The van der Waals surface area contributed by atoms with Gasteiger partial charge in [0.25, 0.3) is 0 Å². The molecule has 4 N–H and O–H groups in total. The second-order valence-corrected chi connectivity index (χ2v) is 7.12. The molecule has 0 radical (unpaired) electrons. The van der Waals surface area contributed by atoms with Crippen LogP contribution < -0.4 is 5.43 Å². The normalized spacial score (nSPS) is 11.2. The van der Waals surface area contributed by atoms with E-state index in [0.717, 1.165) is 0 Å². The Morgan fingerprint density at radius 2 is 1.39 bits per heavy atom. The molecule has 7 nitrogen and oxygen atoms in total. The van der Waals surface area contributed by atoms with Crippen molar-refractivity contribution in [1.82, 2.24) is 4.98 Å². The summed E-state index contributed by atoms with van der Waals surface area (Å²) in [7, 11) is 0. The van der Waals surface area contributed by atoms with Gasteiger partial charge in [0.05, 0.1) is 0 Å². The quantitative estimate of drug-likeness (QED) is 0.315. The molecule has 3 aromatic carbocycles. The van der Waals surface area contributed by atoms with Crippen LogP contribution >= 0.6 is 0 Å². The third kappa shape index (κ3) is 3.18. The van der Waals surface area contributed by atoms with E-state index in [4.69, 9.17) is 4.42 Å². The van der Waals surface area contributed by atoms with E-state index in [1.54, 1.807) is 24.3 Å². The molecule has 7 heteroatoms. The highest BCUT2D eigenvalue weighted by atomic mass is 16.3. The van der Waals surface area contributed by atoms with Crippen molar-refractivity contribution in [3.63, 3.8) is 0 Å². The lowest BCUT2D eigenvalue weighted by Crippen LogP contribution is -2.05. The number of rotatable bonds is 2. The first-order valence-corrected chi connectivity index (χ1v) is 9.32. The fourth-order valence-electron chi connectivity index (χ4n) is 3.52. The Balaban J connectivity index is 1.72. The average Bonchev–Trinajstić information content (AvgIpc) is 2.73. The van der Waals surface area contributed by atoms with Crippen molar-refractivity contribution in [2.75, 3.05) is 0 Å². The van der Waals surface area contributed by atoms with Gasteiger partial charge < -0.3 is 24.8 Å². The maximum absolute atomic E-state index is 12.6. The lowest BCUT2D eigenvalue weighted by molar-refractivity contribution is 0.450. The SMILES string of the molecule is O=c1cc2oc3cc(O)c(-c4ccc(O)cc4O)cc3nc-2cc1-c1ccc(O)cc1. The van der Waals surface area contributed by atoms with E-state index in [1.807, 2.05) is 0 Å². The van der Waals surface area contributed by atoms with Crippen molar-refractivity contribution in [3.05, 3.63) is 77.0 Å². The lowest BCUT2D eigenvalue weighted by Gasteiger charge is -2.12. The van der Waals surface area contributed by atoms with E-state index in [9.17, 15) is 25.2 Å². The third-order valence-corrected chi connectivity index (χ3v) is 5.05. The second-order valence-electron chi connectivity index (χ2n) is 7.12. The summed E-state index contributed by atoms with van der Waals surface area (Å²) in [6, 6.07) is 16.2. The molecule has 152 valence electrons. The Hall–Kier alpha value is -4.52. The van der Waals surface area contributed by atoms with Gasteiger partial charge in [0.15, 0.2) is 16.8 Å². The zero-order chi connectivity index (χ0) is 21.7. The fourth-order valence-corrected chi connectivity index (χ4v) is 3.52. The van der Waals surface area contributed by atoms with Gasteiger partial charge in [-0.1, -0.05) is 12.1 Å². The van der Waals surface area contributed by atoms with Gasteiger partial charge in [-0.15, -0.1) is 0 Å². The molecule has 3 aromatic rings. The summed E-state index contributed by atoms with van der Waals surface area (Å²) in [4.78, 5) is 17.2. The number of hydrogen-bond acceptors (Lipinski definition) is 7. The third-order valence-electron chi connectivity index (χ3n) is 5.05. The van der Waals surface area contributed by atoms with Gasteiger partial charge in [-0.2, -0.15) is 0 Å². The van der Waals surface area contributed by atoms with Gasteiger partial charge in [0.1, 0.15) is 34.2 Å². The zero-order valence-electron chi connectivity index (χ0n) is 15.9. The van der Waals surface area contributed by atoms with Gasteiger partial charge >= 0.3 is 0 Å². The van der Waals surface area contributed by atoms with Gasteiger partial charge in [-0.25, -0.2) is 4.98 Å². The fraction of sp³-hybridized carbons (Fsp3) is 0. The van der Waals surface area contributed by atoms with Crippen molar-refractivity contribution in [3.8, 4) is 56.7 Å². The maximum atomic E-state index is 12.6. The van der Waals surface area contributed by atoms with Gasteiger partial charge in [0.2, 0.25) is 0 Å². The number of benzene rings is 4. The number of nitrogens with zero attached hydrogens (tertiary/aromatic N) is 1. The molecular weight excluding hydrogens is 398 g/mol. The monoisotopic (exact) mass is 413 g/mol. The van der Waals surface area contributed by atoms with E-state index in [2.05, 4.69) is 4.98 Å². The maximum Gasteiger partial charge on any atom is 0.190 e. The molecule has 0 unspecified atom stereocenters. The standard InChI is InChI=1S/C24H15NO6/c26-13-3-1-12(2-4-13)16-8-18-23(10-21(16)29)31-24-11-22(30)17(9-19(24)25-18)15-6-5-14(27)7-20(15)28/h1-11,26-28,30H. The molecule has 0 aromatic heterocycles. The first-order valence-electron chi connectivity index (χ1n) is 9.32. The predicted octanol–water partition coefficient (Wildman–Crippen LogP) is 4.45. The van der Waals surface area contributed by atoms with Gasteiger partial charge in [-0.3, -0.25) is 4.79 Å². The van der Waals surface area contributed by atoms with E-state index in [0.29, 0.717) is 33.5 Å². The van der Waals surface area contributed by atoms with E-state index in [1.165, 1.54) is 42.5 Å².